The lowest BCUT2D eigenvalue weighted by Crippen LogP contribution is -1.92. The first-order valence-electron chi connectivity index (χ1n) is 26.6. The van der Waals surface area contributed by atoms with Crippen LogP contribution in [0.3, 0.4) is 0 Å². The smallest absolute Gasteiger partial charge is 0.136 e. The maximum Gasteiger partial charge on any atom is 0.136 e. The normalized spacial score (nSPS) is 13.8. The highest BCUT2D eigenvalue weighted by Gasteiger charge is 2.21. The van der Waals surface area contributed by atoms with E-state index in [2.05, 4.69) is 84.9 Å². The molecule has 0 aliphatic rings. The van der Waals surface area contributed by atoms with Crippen molar-refractivity contribution in [1.82, 2.24) is 0 Å². The second-order valence-corrected chi connectivity index (χ2v) is 16.4. The van der Waals surface area contributed by atoms with E-state index in [9.17, 15) is 0 Å². The lowest BCUT2D eigenvalue weighted by atomic mass is 9.84. The van der Waals surface area contributed by atoms with Crippen molar-refractivity contribution in [3.05, 3.63) is 242 Å². The molecule has 1 nitrogen and oxygen atoms in total. The summed E-state index contributed by atoms with van der Waals surface area (Å²) in [5.74, 6) is 0. The molecule has 0 radical (unpaired) electrons. The largest absolute Gasteiger partial charge is 0.456 e. The maximum absolute atomic E-state index is 9.05. The molecule has 1 heterocycles. The predicted molar refractivity (Wildman–Crippen MR) is 276 cm³/mol. The Hall–Kier alpha value is -8.52. The van der Waals surface area contributed by atoms with E-state index in [1.807, 2.05) is 91.0 Å². The van der Waals surface area contributed by atoms with Crippen LogP contribution in [0.25, 0.3) is 132 Å². The van der Waals surface area contributed by atoms with Gasteiger partial charge < -0.3 is 4.42 Å². The standard InChI is InChI=1S/C64H40O/c1-4-18-41(19-5-1)47-38-57(42-20-6-2-7-21-42)64-56-35-32-45(39-60(56)65-61(64)40-47)49-26-12-13-27-50(49)58-36-44-24-10-11-25-48(44)51-34-33-46(37-59(51)58)63-54-30-16-14-28-52(54)62(43-22-8-3-9-23-43)53-29-15-17-31-55(53)63/h1-40H/i1D,3D,4D,5D,8D,9D,18D,19D,22D,23D. The van der Waals surface area contributed by atoms with Crippen molar-refractivity contribution in [2.24, 2.45) is 0 Å². The molecule has 0 unspecified atom stereocenters. The van der Waals surface area contributed by atoms with Crippen LogP contribution in [0.4, 0.5) is 0 Å². The Labute approximate surface area is 391 Å². The highest BCUT2D eigenvalue weighted by Crippen LogP contribution is 2.47. The first kappa shape index (κ1) is 28.2. The Morgan fingerprint density at radius 1 is 0.277 bits per heavy atom. The summed E-state index contributed by atoms with van der Waals surface area (Å²) in [6.45, 7) is 0. The molecule has 12 aromatic carbocycles. The Kier molecular flexibility index (Phi) is 6.55. The monoisotopic (exact) mass is 834 g/mol. The molecule has 0 bridgehead atoms. The third kappa shape index (κ3) is 6.09. The van der Waals surface area contributed by atoms with E-state index in [0.29, 0.717) is 22.3 Å². The number of rotatable bonds is 6. The van der Waals surface area contributed by atoms with Gasteiger partial charge in [-0.1, -0.05) is 206 Å². The van der Waals surface area contributed by atoms with Gasteiger partial charge >= 0.3 is 0 Å². The maximum atomic E-state index is 9.05. The third-order valence-electron chi connectivity index (χ3n) is 12.8. The van der Waals surface area contributed by atoms with Gasteiger partial charge in [0, 0.05) is 10.8 Å². The fourth-order valence-electron chi connectivity index (χ4n) is 9.99. The van der Waals surface area contributed by atoms with E-state index in [1.165, 1.54) is 0 Å². The summed E-state index contributed by atoms with van der Waals surface area (Å²) in [6.07, 6.45) is 0. The Morgan fingerprint density at radius 2 is 0.831 bits per heavy atom. The first-order valence-corrected chi connectivity index (χ1v) is 21.6. The van der Waals surface area contributed by atoms with Crippen LogP contribution >= 0.6 is 0 Å². The van der Waals surface area contributed by atoms with Gasteiger partial charge in [-0.15, -0.1) is 0 Å². The molecule has 0 spiro atoms. The molecule has 13 rings (SSSR count). The van der Waals surface area contributed by atoms with Crippen molar-refractivity contribution in [3.8, 4) is 66.8 Å². The summed E-state index contributed by atoms with van der Waals surface area (Å²) in [6, 6.07) is 57.7. The molecule has 1 heteroatoms. The van der Waals surface area contributed by atoms with Gasteiger partial charge in [-0.05, 0) is 146 Å². The summed E-state index contributed by atoms with van der Waals surface area (Å²) in [7, 11) is 0. The number of benzene rings is 12. The van der Waals surface area contributed by atoms with Crippen LogP contribution in [-0.4, -0.2) is 0 Å². The van der Waals surface area contributed by atoms with Gasteiger partial charge in [-0.2, -0.15) is 0 Å². The molecule has 1 aromatic heterocycles. The Balaban J connectivity index is 1.03. The number of furan rings is 1. The van der Waals surface area contributed by atoms with Gasteiger partial charge in [0.1, 0.15) is 11.2 Å². The lowest BCUT2D eigenvalue weighted by Gasteiger charge is -2.19. The predicted octanol–water partition coefficient (Wildman–Crippen LogP) is 18.2. The van der Waals surface area contributed by atoms with E-state index in [-0.39, 0.29) is 47.4 Å². The first-order chi connectivity index (χ1) is 36.4. The summed E-state index contributed by atoms with van der Waals surface area (Å²) in [5.41, 5.74) is 10.0. The molecule has 0 fully saturated rings. The average molecular weight is 835 g/mol. The van der Waals surface area contributed by atoms with Crippen molar-refractivity contribution in [1.29, 1.82) is 0 Å². The SMILES string of the molecule is [2H]c1c([2H])c([2H])c(-c2cc(-c3ccccc3)c3c(c2)oc2cc(-c4ccccc4-c4cc5ccccc5c5ccc(-c6c7ccccc7c(-c7c([2H])c([2H])c([2H])c([2H])c7[2H])c7ccccc67)cc45)ccc23)c([2H])c1[2H]. The number of hydrogen-bond donors (Lipinski definition) is 0. The van der Waals surface area contributed by atoms with Gasteiger partial charge in [0.2, 0.25) is 0 Å². The Morgan fingerprint density at radius 3 is 1.54 bits per heavy atom. The summed E-state index contributed by atoms with van der Waals surface area (Å²) in [4.78, 5) is 0. The van der Waals surface area contributed by atoms with Crippen molar-refractivity contribution in [2.75, 3.05) is 0 Å². The van der Waals surface area contributed by atoms with E-state index in [1.54, 1.807) is 6.07 Å². The minimum Gasteiger partial charge on any atom is -0.456 e. The molecule has 302 valence electrons. The fraction of sp³-hybridized carbons (Fsp3) is 0. The third-order valence-corrected chi connectivity index (χ3v) is 12.8. The molecule has 0 aliphatic heterocycles. The van der Waals surface area contributed by atoms with Crippen molar-refractivity contribution < 1.29 is 18.1 Å². The zero-order valence-corrected chi connectivity index (χ0v) is 34.7. The fourth-order valence-corrected chi connectivity index (χ4v) is 9.99. The highest BCUT2D eigenvalue weighted by atomic mass is 16.3. The minimum atomic E-state index is -0.448. The zero-order valence-electron chi connectivity index (χ0n) is 44.7. The van der Waals surface area contributed by atoms with Crippen LogP contribution in [0.15, 0.2) is 247 Å². The van der Waals surface area contributed by atoms with E-state index >= 15 is 0 Å². The summed E-state index contributed by atoms with van der Waals surface area (Å²) >= 11 is 0. The van der Waals surface area contributed by atoms with Gasteiger partial charge in [0.15, 0.2) is 0 Å². The number of hydrogen-bond acceptors (Lipinski definition) is 1. The van der Waals surface area contributed by atoms with Gasteiger partial charge in [-0.3, -0.25) is 0 Å². The molecule has 13 aromatic rings. The second-order valence-electron chi connectivity index (χ2n) is 16.4. The molecular formula is C64H40O. The van der Waals surface area contributed by atoms with E-state index in [0.717, 1.165) is 98.4 Å². The highest BCUT2D eigenvalue weighted by molar-refractivity contribution is 6.23. The van der Waals surface area contributed by atoms with E-state index < -0.39 is 24.2 Å². The Bertz CT molecular complexity index is 4480. The van der Waals surface area contributed by atoms with Crippen molar-refractivity contribution >= 4 is 65.0 Å². The quantitative estimate of drug-likeness (QED) is 0.120. The van der Waals surface area contributed by atoms with Crippen LogP contribution in [0.2, 0.25) is 0 Å². The van der Waals surface area contributed by atoms with Crippen LogP contribution in [0.1, 0.15) is 13.7 Å². The summed E-state index contributed by atoms with van der Waals surface area (Å²) < 4.78 is 93.2. The zero-order chi connectivity index (χ0) is 51.6. The van der Waals surface area contributed by atoms with Crippen LogP contribution < -0.4 is 0 Å². The second kappa shape index (κ2) is 15.1. The van der Waals surface area contributed by atoms with Crippen LogP contribution in [0.5, 0.6) is 0 Å². The van der Waals surface area contributed by atoms with Gasteiger partial charge in [0.25, 0.3) is 0 Å². The molecular weight excluding hydrogens is 785 g/mol. The van der Waals surface area contributed by atoms with E-state index in [4.69, 9.17) is 18.1 Å². The molecule has 0 saturated heterocycles. The lowest BCUT2D eigenvalue weighted by molar-refractivity contribution is 0.669. The number of fused-ring (bicyclic) bond motifs is 8. The molecule has 0 N–H and O–H groups in total. The van der Waals surface area contributed by atoms with Gasteiger partial charge in [-0.25, -0.2) is 0 Å². The average Bonchev–Trinajstić information content (AvgIpc) is 3.89. The molecule has 65 heavy (non-hydrogen) atoms. The van der Waals surface area contributed by atoms with Crippen LogP contribution in [0, 0.1) is 0 Å². The van der Waals surface area contributed by atoms with Crippen molar-refractivity contribution in [3.63, 3.8) is 0 Å². The molecule has 0 amide bonds. The molecule has 0 aliphatic carbocycles. The topological polar surface area (TPSA) is 13.1 Å². The molecule has 0 atom stereocenters. The van der Waals surface area contributed by atoms with Gasteiger partial charge in [0.05, 0.1) is 13.7 Å². The summed E-state index contributed by atoms with van der Waals surface area (Å²) in [5, 5.41) is 9.32. The molecule has 0 saturated carbocycles. The van der Waals surface area contributed by atoms with Crippen molar-refractivity contribution in [2.45, 2.75) is 0 Å². The van der Waals surface area contributed by atoms with Crippen LogP contribution in [-0.2, 0) is 0 Å². The minimum absolute atomic E-state index is 0.104.